The maximum atomic E-state index is 13.0. The van der Waals surface area contributed by atoms with Crippen LogP contribution in [0.1, 0.15) is 5.69 Å². The van der Waals surface area contributed by atoms with Crippen LogP contribution in [0.25, 0.3) is 10.8 Å². The van der Waals surface area contributed by atoms with Crippen LogP contribution in [0.3, 0.4) is 0 Å². The van der Waals surface area contributed by atoms with Crippen LogP contribution in [-0.2, 0) is 6.18 Å². The fourth-order valence-electron chi connectivity index (χ4n) is 3.19. The lowest BCUT2D eigenvalue weighted by Crippen LogP contribution is -2.34. The summed E-state index contributed by atoms with van der Waals surface area (Å²) in [6, 6.07) is 10.0. The van der Waals surface area contributed by atoms with Crippen LogP contribution in [0.2, 0.25) is 0 Å². The van der Waals surface area contributed by atoms with E-state index in [0.717, 1.165) is 23.0 Å². The second-order valence-electron chi connectivity index (χ2n) is 6.19. The summed E-state index contributed by atoms with van der Waals surface area (Å²) in [6.07, 6.45) is -0.430. The molecule has 1 atom stereocenters. The first-order valence-corrected chi connectivity index (χ1v) is 8.26. The molecule has 1 unspecified atom stereocenters. The van der Waals surface area contributed by atoms with E-state index in [-0.39, 0.29) is 12.2 Å². The van der Waals surface area contributed by atoms with Gasteiger partial charge in [0.2, 0.25) is 0 Å². The van der Waals surface area contributed by atoms with E-state index in [1.807, 2.05) is 24.3 Å². The number of alkyl halides is 3. The van der Waals surface area contributed by atoms with E-state index in [9.17, 15) is 23.2 Å². The van der Waals surface area contributed by atoms with Crippen molar-refractivity contribution in [1.82, 2.24) is 9.97 Å². The third-order valence-corrected chi connectivity index (χ3v) is 4.51. The Morgan fingerprint density at radius 3 is 2.57 bits per heavy atom. The minimum Gasteiger partial charge on any atom is -0.289 e. The quantitative estimate of drug-likeness (QED) is 0.671. The molecule has 6 nitrogen and oxygen atoms in total. The molecule has 0 saturated carbocycles. The van der Waals surface area contributed by atoms with E-state index in [1.54, 1.807) is 6.20 Å². The monoisotopic (exact) mass is 383 g/mol. The van der Waals surface area contributed by atoms with Crippen molar-refractivity contribution >= 4 is 28.2 Å². The van der Waals surface area contributed by atoms with Crippen molar-refractivity contribution in [2.45, 2.75) is 12.2 Å². The third kappa shape index (κ3) is 2.89. The normalized spacial score (nSPS) is 17.2. The first kappa shape index (κ1) is 17.7. The van der Waals surface area contributed by atoms with E-state index in [2.05, 4.69) is 16.0 Å². The Bertz CT molecular complexity index is 1090. The maximum Gasteiger partial charge on any atom is 0.433 e. The number of fused-ring (bicyclic) bond motifs is 1. The molecule has 3 heterocycles. The lowest BCUT2D eigenvalue weighted by atomic mass is 10.1. The number of hydrogen-bond donors (Lipinski definition) is 0. The van der Waals surface area contributed by atoms with E-state index in [0.29, 0.717) is 5.69 Å². The molecule has 0 bridgehead atoms. The van der Waals surface area contributed by atoms with Gasteiger partial charge in [-0.25, -0.2) is 9.78 Å². The van der Waals surface area contributed by atoms with Crippen molar-refractivity contribution in [2.24, 2.45) is 0 Å². The molecule has 1 aliphatic rings. The fourth-order valence-corrected chi connectivity index (χ4v) is 3.19. The second-order valence-corrected chi connectivity index (χ2v) is 6.19. The van der Waals surface area contributed by atoms with Crippen LogP contribution in [0.5, 0.6) is 0 Å². The molecular formula is C19H12F3N5O. The predicted molar refractivity (Wildman–Crippen MR) is 95.6 cm³/mol. The standard InChI is InChI=1S/C19H12F3N5O/c20-19(21,22)17-6-5-13(9-25-17)26-11-14(7-23)27(18(26)28)16-10-24-8-12-3-1-2-4-15(12)16/h1-6,8-10,14H,11H2. The molecule has 0 radical (unpaired) electrons. The molecule has 140 valence electrons. The number of halogens is 3. The average molecular weight is 383 g/mol. The molecule has 9 heteroatoms. The minimum absolute atomic E-state index is 0.00555. The molecule has 0 spiro atoms. The number of nitrogens with zero attached hydrogens (tertiary/aromatic N) is 5. The van der Waals surface area contributed by atoms with E-state index < -0.39 is 23.9 Å². The van der Waals surface area contributed by atoms with Gasteiger partial charge in [0.1, 0.15) is 11.7 Å². The van der Waals surface area contributed by atoms with Gasteiger partial charge in [-0.2, -0.15) is 18.4 Å². The molecule has 1 fully saturated rings. The number of anilines is 2. The van der Waals surface area contributed by atoms with E-state index >= 15 is 0 Å². The zero-order valence-corrected chi connectivity index (χ0v) is 14.3. The van der Waals surface area contributed by atoms with Gasteiger partial charge < -0.3 is 0 Å². The van der Waals surface area contributed by atoms with Crippen LogP contribution < -0.4 is 9.80 Å². The minimum atomic E-state index is -4.57. The van der Waals surface area contributed by atoms with Crippen molar-refractivity contribution in [1.29, 1.82) is 5.26 Å². The van der Waals surface area contributed by atoms with Crippen LogP contribution in [0, 0.1) is 11.3 Å². The number of urea groups is 1. The summed E-state index contributed by atoms with van der Waals surface area (Å²) in [7, 11) is 0. The Morgan fingerprint density at radius 2 is 1.89 bits per heavy atom. The summed E-state index contributed by atoms with van der Waals surface area (Å²) in [6.45, 7) is 0.00555. The first-order chi connectivity index (χ1) is 13.4. The zero-order chi connectivity index (χ0) is 19.9. The highest BCUT2D eigenvalue weighted by Crippen LogP contribution is 2.34. The van der Waals surface area contributed by atoms with Gasteiger partial charge in [0.25, 0.3) is 0 Å². The Hall–Kier alpha value is -3.67. The Balaban J connectivity index is 1.73. The van der Waals surface area contributed by atoms with Gasteiger partial charge in [-0.05, 0) is 12.1 Å². The number of carbonyl (C=O) groups is 1. The number of pyridine rings is 2. The third-order valence-electron chi connectivity index (χ3n) is 4.51. The van der Waals surface area contributed by atoms with Crippen LogP contribution in [0.15, 0.2) is 55.0 Å². The Morgan fingerprint density at radius 1 is 1.11 bits per heavy atom. The van der Waals surface area contributed by atoms with Crippen molar-refractivity contribution < 1.29 is 18.0 Å². The molecule has 4 rings (SSSR count). The number of nitriles is 1. The summed E-state index contributed by atoms with van der Waals surface area (Å²) < 4.78 is 38.2. The number of benzene rings is 1. The topological polar surface area (TPSA) is 73.1 Å². The van der Waals surface area contributed by atoms with Gasteiger partial charge in [0, 0.05) is 17.0 Å². The highest BCUT2D eigenvalue weighted by molar-refractivity contribution is 6.11. The van der Waals surface area contributed by atoms with Gasteiger partial charge in [-0.1, -0.05) is 24.3 Å². The summed E-state index contributed by atoms with van der Waals surface area (Å²) in [5, 5.41) is 11.1. The lowest BCUT2D eigenvalue weighted by molar-refractivity contribution is -0.141. The number of amides is 2. The van der Waals surface area contributed by atoms with Crippen molar-refractivity contribution in [3.8, 4) is 6.07 Å². The average Bonchev–Trinajstić information content (AvgIpc) is 3.03. The van der Waals surface area contributed by atoms with Gasteiger partial charge in [-0.3, -0.25) is 14.8 Å². The molecule has 2 amide bonds. The molecule has 28 heavy (non-hydrogen) atoms. The molecule has 0 N–H and O–H groups in total. The molecule has 1 aliphatic heterocycles. The second kappa shape index (κ2) is 6.49. The molecule has 0 aliphatic carbocycles. The highest BCUT2D eigenvalue weighted by atomic mass is 19.4. The Labute approximate surface area is 157 Å². The smallest absolute Gasteiger partial charge is 0.289 e. The zero-order valence-electron chi connectivity index (χ0n) is 14.3. The molecule has 1 saturated heterocycles. The van der Waals surface area contributed by atoms with Crippen molar-refractivity contribution in [3.05, 3.63) is 60.7 Å². The first-order valence-electron chi connectivity index (χ1n) is 8.26. The number of rotatable bonds is 2. The molecule has 3 aromatic rings. The van der Waals surface area contributed by atoms with Gasteiger partial charge in [0.15, 0.2) is 0 Å². The molecular weight excluding hydrogens is 371 g/mol. The van der Waals surface area contributed by atoms with Crippen LogP contribution in [0.4, 0.5) is 29.3 Å². The predicted octanol–water partition coefficient (Wildman–Crippen LogP) is 3.99. The summed E-state index contributed by atoms with van der Waals surface area (Å²) in [4.78, 5) is 23.1. The maximum absolute atomic E-state index is 13.0. The number of carbonyl (C=O) groups excluding carboxylic acids is 1. The largest absolute Gasteiger partial charge is 0.433 e. The van der Waals surface area contributed by atoms with Gasteiger partial charge >= 0.3 is 12.2 Å². The van der Waals surface area contributed by atoms with Gasteiger partial charge in [-0.15, -0.1) is 0 Å². The molecule has 1 aromatic carbocycles. The van der Waals surface area contributed by atoms with Crippen LogP contribution >= 0.6 is 0 Å². The number of hydrogen-bond acceptors (Lipinski definition) is 4. The molecule has 2 aromatic heterocycles. The van der Waals surface area contributed by atoms with E-state index in [4.69, 9.17) is 0 Å². The summed E-state index contributed by atoms with van der Waals surface area (Å²) >= 11 is 0. The van der Waals surface area contributed by atoms with Crippen molar-refractivity contribution in [3.63, 3.8) is 0 Å². The summed E-state index contributed by atoms with van der Waals surface area (Å²) in [5.41, 5.74) is -0.388. The number of aromatic nitrogens is 2. The summed E-state index contributed by atoms with van der Waals surface area (Å²) in [5.74, 6) is 0. The SMILES string of the molecule is N#CC1CN(c2ccc(C(F)(F)F)nc2)C(=O)N1c1cncc2ccccc12. The fraction of sp³-hybridized carbons (Fsp3) is 0.158. The van der Waals surface area contributed by atoms with Crippen LogP contribution in [-0.4, -0.2) is 28.6 Å². The van der Waals surface area contributed by atoms with Gasteiger partial charge in [0.05, 0.1) is 36.4 Å². The van der Waals surface area contributed by atoms with Crippen molar-refractivity contribution in [2.75, 3.05) is 16.3 Å². The lowest BCUT2D eigenvalue weighted by Gasteiger charge is -2.21. The van der Waals surface area contributed by atoms with E-state index in [1.165, 1.54) is 22.1 Å². The Kier molecular flexibility index (Phi) is 4.11. The highest BCUT2D eigenvalue weighted by Gasteiger charge is 2.40.